The number of carbonyl (C=O) groups is 1. The number of methoxy groups -OCH3 is 1. The van der Waals surface area contributed by atoms with Crippen molar-refractivity contribution in [3.05, 3.63) is 27.1 Å². The number of rotatable bonds is 2. The molecule has 0 spiro atoms. The van der Waals surface area contributed by atoms with Crippen molar-refractivity contribution >= 4 is 44.8 Å². The minimum absolute atomic E-state index is 0.213. The van der Waals surface area contributed by atoms with Gasteiger partial charge in [-0.05, 0) is 35.5 Å². The van der Waals surface area contributed by atoms with Crippen molar-refractivity contribution in [1.29, 1.82) is 0 Å². The van der Waals surface area contributed by atoms with Gasteiger partial charge in [-0.2, -0.15) is 0 Å². The van der Waals surface area contributed by atoms with Crippen molar-refractivity contribution in [3.63, 3.8) is 0 Å². The first-order valence-electron chi connectivity index (χ1n) is 7.08. The number of aliphatic imine (C=N–C) groups is 1. The van der Waals surface area contributed by atoms with Gasteiger partial charge in [0.15, 0.2) is 0 Å². The molecule has 0 unspecified atom stereocenters. The van der Waals surface area contributed by atoms with E-state index in [1.165, 1.54) is 23.8 Å². The van der Waals surface area contributed by atoms with Crippen molar-refractivity contribution in [2.45, 2.75) is 0 Å². The average Bonchev–Trinajstić information content (AvgIpc) is 2.92. The molecule has 2 aliphatic heterocycles. The summed E-state index contributed by atoms with van der Waals surface area (Å²) in [6, 6.07) is 3.29. The minimum Gasteiger partial charge on any atom is -0.869 e. The Morgan fingerprint density at radius 3 is 2.87 bits per heavy atom. The molecule has 3 rings (SSSR count). The molecule has 0 saturated carbocycles. The first-order chi connectivity index (χ1) is 11.1. The molecule has 8 heteroatoms. The summed E-state index contributed by atoms with van der Waals surface area (Å²) in [5.41, 5.74) is 0.720. The van der Waals surface area contributed by atoms with Gasteiger partial charge in [-0.15, -0.1) is 4.99 Å². The van der Waals surface area contributed by atoms with E-state index in [2.05, 4.69) is 20.9 Å². The third kappa shape index (κ3) is 3.60. The van der Waals surface area contributed by atoms with Crippen molar-refractivity contribution in [1.82, 2.24) is 0 Å². The summed E-state index contributed by atoms with van der Waals surface area (Å²) in [7, 11) is 1.44. The number of morpholine rings is 1. The Kier molecular flexibility index (Phi) is 5.05. The molecule has 1 amide bonds. The van der Waals surface area contributed by atoms with Crippen LogP contribution in [0.1, 0.15) is 5.56 Å². The Labute approximate surface area is 146 Å². The zero-order chi connectivity index (χ0) is 16.4. The molecule has 0 bridgehead atoms. The molecule has 6 nitrogen and oxygen atoms in total. The van der Waals surface area contributed by atoms with Gasteiger partial charge in [-0.3, -0.25) is 9.69 Å². The van der Waals surface area contributed by atoms with Crippen LogP contribution < -0.4 is 14.7 Å². The van der Waals surface area contributed by atoms with Crippen LogP contribution in [0, 0.1) is 0 Å². The van der Waals surface area contributed by atoms with Crippen LogP contribution in [-0.2, 0) is 9.53 Å². The summed E-state index contributed by atoms with van der Waals surface area (Å²) < 4.78 is 10.8. The van der Waals surface area contributed by atoms with E-state index < -0.39 is 0 Å². The monoisotopic (exact) mass is 398 g/mol. The summed E-state index contributed by atoms with van der Waals surface area (Å²) in [5.74, 6) is -0.221. The normalized spacial score (nSPS) is 20.9. The molecule has 1 fully saturated rings. The van der Waals surface area contributed by atoms with Gasteiger partial charge >= 0.3 is 0 Å². The first kappa shape index (κ1) is 16.5. The van der Waals surface area contributed by atoms with Crippen LogP contribution in [0.15, 0.2) is 26.5 Å². The number of ether oxygens (including phenoxy) is 2. The number of nitrogens with zero attached hydrogens (tertiary/aromatic N) is 1. The van der Waals surface area contributed by atoms with E-state index in [0.717, 1.165) is 23.8 Å². The lowest BCUT2D eigenvalue weighted by Gasteiger charge is -2.21. The number of amidine groups is 1. The standard InChI is InChI=1S/C15H15BrN2O4S/c1-21-11-7-9(6-10(16)13(11)19)8-12-14(20)17-15(23-12)18-2-4-22-5-3-18/h6-8,19H,2-5H2,1H3/b12-8+. The molecule has 122 valence electrons. The van der Waals surface area contributed by atoms with E-state index in [1.54, 1.807) is 18.2 Å². The van der Waals surface area contributed by atoms with Gasteiger partial charge in [-0.25, -0.2) is 0 Å². The van der Waals surface area contributed by atoms with Crippen LogP contribution in [0.3, 0.4) is 0 Å². The Hall–Kier alpha value is -1.35. The number of quaternary nitrogens is 1. The average molecular weight is 399 g/mol. The smallest absolute Gasteiger partial charge is 0.289 e. The van der Waals surface area contributed by atoms with Crippen LogP contribution in [0.25, 0.3) is 6.08 Å². The van der Waals surface area contributed by atoms with E-state index in [4.69, 9.17) is 9.47 Å². The van der Waals surface area contributed by atoms with E-state index >= 15 is 0 Å². The predicted molar refractivity (Wildman–Crippen MR) is 89.7 cm³/mol. The van der Waals surface area contributed by atoms with E-state index in [-0.39, 0.29) is 17.4 Å². The van der Waals surface area contributed by atoms with Gasteiger partial charge in [0.25, 0.3) is 11.1 Å². The molecular formula is C15H15BrN2O4S. The maximum absolute atomic E-state index is 12.1. The molecule has 0 aliphatic carbocycles. The Balaban J connectivity index is 1.81. The number of amides is 1. The van der Waals surface area contributed by atoms with E-state index in [1.807, 2.05) is 0 Å². The van der Waals surface area contributed by atoms with Crippen LogP contribution in [0.4, 0.5) is 0 Å². The third-order valence-electron chi connectivity index (χ3n) is 3.57. The lowest BCUT2D eigenvalue weighted by Crippen LogP contribution is -3.15. The third-order valence-corrected chi connectivity index (χ3v) is 5.24. The van der Waals surface area contributed by atoms with Gasteiger partial charge in [0.1, 0.15) is 18.8 Å². The SMILES string of the molecule is COc1cc(/C=C2/SC([NH+]3CCOCC3)=NC2=O)cc(Br)c1[O-]. The van der Waals surface area contributed by atoms with E-state index in [9.17, 15) is 9.90 Å². The second-order valence-electron chi connectivity index (χ2n) is 5.08. The fraction of sp³-hybridized carbons (Fsp3) is 0.333. The van der Waals surface area contributed by atoms with Gasteiger partial charge in [0.2, 0.25) is 0 Å². The lowest BCUT2D eigenvalue weighted by atomic mass is 10.2. The zero-order valence-electron chi connectivity index (χ0n) is 12.4. The number of thioether (sulfide) groups is 1. The number of hydrogen-bond donors (Lipinski definition) is 1. The Morgan fingerprint density at radius 2 is 2.17 bits per heavy atom. The fourth-order valence-electron chi connectivity index (χ4n) is 2.37. The van der Waals surface area contributed by atoms with Crippen molar-refractivity contribution < 1.29 is 24.3 Å². The summed E-state index contributed by atoms with van der Waals surface area (Å²) >= 11 is 4.59. The molecule has 1 saturated heterocycles. The quantitative estimate of drug-likeness (QED) is 0.730. The van der Waals surface area contributed by atoms with Crippen LogP contribution >= 0.6 is 27.7 Å². The highest BCUT2D eigenvalue weighted by molar-refractivity contribution is 9.10. The Bertz CT molecular complexity index is 699. The van der Waals surface area contributed by atoms with Crippen LogP contribution in [-0.4, -0.2) is 44.5 Å². The molecule has 1 aromatic rings. The number of carbonyl (C=O) groups excluding carboxylic acids is 1. The second kappa shape index (κ2) is 7.04. The highest BCUT2D eigenvalue weighted by Gasteiger charge is 2.31. The first-order valence-corrected chi connectivity index (χ1v) is 8.69. The predicted octanol–water partition coefficient (Wildman–Crippen LogP) is 0.417. The number of benzene rings is 1. The van der Waals surface area contributed by atoms with Crippen molar-refractivity contribution in [3.8, 4) is 11.5 Å². The van der Waals surface area contributed by atoms with E-state index in [0.29, 0.717) is 22.6 Å². The molecule has 0 radical (unpaired) electrons. The maximum Gasteiger partial charge on any atom is 0.289 e. The Morgan fingerprint density at radius 1 is 1.43 bits per heavy atom. The minimum atomic E-state index is -0.245. The van der Waals surface area contributed by atoms with Gasteiger partial charge in [0.05, 0.1) is 25.2 Å². The second-order valence-corrected chi connectivity index (χ2v) is 6.97. The molecule has 2 aliphatic rings. The number of nitrogens with one attached hydrogen (secondary N) is 1. The molecule has 0 atom stereocenters. The molecule has 0 aromatic heterocycles. The highest BCUT2D eigenvalue weighted by Crippen LogP contribution is 2.35. The zero-order valence-corrected chi connectivity index (χ0v) is 14.8. The summed E-state index contributed by atoms with van der Waals surface area (Å²) in [6.07, 6.45) is 1.73. The van der Waals surface area contributed by atoms with Crippen molar-refractivity contribution in [2.75, 3.05) is 33.4 Å². The summed E-state index contributed by atoms with van der Waals surface area (Å²) in [6.45, 7) is 2.99. The van der Waals surface area contributed by atoms with Crippen molar-refractivity contribution in [2.24, 2.45) is 4.99 Å². The molecule has 23 heavy (non-hydrogen) atoms. The molecule has 2 heterocycles. The molecule has 1 aromatic carbocycles. The van der Waals surface area contributed by atoms with Gasteiger partial charge < -0.3 is 14.6 Å². The number of halogens is 1. The fourth-order valence-corrected chi connectivity index (χ4v) is 3.84. The van der Waals surface area contributed by atoms with Crippen LogP contribution in [0.2, 0.25) is 0 Å². The topological polar surface area (TPSA) is 75.4 Å². The molecular weight excluding hydrogens is 384 g/mol. The largest absolute Gasteiger partial charge is 0.869 e. The van der Waals surface area contributed by atoms with Gasteiger partial charge in [0, 0.05) is 4.47 Å². The lowest BCUT2D eigenvalue weighted by molar-refractivity contribution is -0.812. The number of hydrogen-bond acceptors (Lipinski definition) is 5. The summed E-state index contributed by atoms with van der Waals surface area (Å²) in [5, 5.41) is 12.6. The highest BCUT2D eigenvalue weighted by atomic mass is 79.9. The van der Waals surface area contributed by atoms with Crippen LogP contribution in [0.5, 0.6) is 11.5 Å². The maximum atomic E-state index is 12.1. The van der Waals surface area contributed by atoms with Gasteiger partial charge in [-0.1, -0.05) is 21.7 Å². The molecule has 1 N–H and O–H groups in total. The summed E-state index contributed by atoms with van der Waals surface area (Å²) in [4.78, 5) is 18.0.